The summed E-state index contributed by atoms with van der Waals surface area (Å²) in [5, 5.41) is 15.9. The highest BCUT2D eigenvalue weighted by atomic mass is 16.3. The molecule has 3 N–H and O–H groups in total. The van der Waals surface area contributed by atoms with Gasteiger partial charge < -0.3 is 15.7 Å². The average Bonchev–Trinajstić information content (AvgIpc) is 2.33. The minimum atomic E-state index is -0.135. The van der Waals surface area contributed by atoms with Gasteiger partial charge in [0.2, 0.25) is 5.91 Å². The molecule has 1 aromatic carbocycles. The van der Waals surface area contributed by atoms with Gasteiger partial charge in [-0.2, -0.15) is 0 Å². The van der Waals surface area contributed by atoms with E-state index in [-0.39, 0.29) is 11.9 Å². The molecule has 1 aromatic rings. The number of piperidine rings is 1. The van der Waals surface area contributed by atoms with E-state index in [0.717, 1.165) is 30.5 Å². The van der Waals surface area contributed by atoms with Crippen LogP contribution in [0.5, 0.6) is 5.75 Å². The first-order chi connectivity index (χ1) is 8.18. The van der Waals surface area contributed by atoms with Gasteiger partial charge in [-0.05, 0) is 25.3 Å². The monoisotopic (exact) mass is 234 g/mol. The van der Waals surface area contributed by atoms with Gasteiger partial charge in [-0.1, -0.05) is 18.2 Å². The Kier molecular flexibility index (Phi) is 3.64. The Morgan fingerprint density at radius 2 is 2.35 bits per heavy atom. The van der Waals surface area contributed by atoms with E-state index in [1.807, 2.05) is 25.1 Å². The number of carbonyl (C=O) groups excluding carboxylic acids is 1. The van der Waals surface area contributed by atoms with Gasteiger partial charge in [0.05, 0.1) is 6.04 Å². The maximum absolute atomic E-state index is 11.5. The molecule has 0 aromatic heterocycles. The van der Waals surface area contributed by atoms with E-state index in [0.29, 0.717) is 12.3 Å². The minimum absolute atomic E-state index is 0.0587. The van der Waals surface area contributed by atoms with Crippen LogP contribution in [0.1, 0.15) is 24.0 Å². The molecule has 0 bridgehead atoms. The van der Waals surface area contributed by atoms with Gasteiger partial charge >= 0.3 is 0 Å². The second kappa shape index (κ2) is 5.19. The molecular weight excluding hydrogens is 216 g/mol. The molecular formula is C13H18N2O2. The maximum atomic E-state index is 11.5. The van der Waals surface area contributed by atoms with Crippen molar-refractivity contribution >= 4 is 5.91 Å². The Morgan fingerprint density at radius 3 is 3.12 bits per heavy atom. The Morgan fingerprint density at radius 1 is 1.53 bits per heavy atom. The van der Waals surface area contributed by atoms with Gasteiger partial charge in [0.1, 0.15) is 5.75 Å². The van der Waals surface area contributed by atoms with Crippen LogP contribution in [0.2, 0.25) is 0 Å². The van der Waals surface area contributed by atoms with Gasteiger partial charge in [-0.3, -0.25) is 4.79 Å². The van der Waals surface area contributed by atoms with Crippen LogP contribution in [-0.2, 0) is 11.3 Å². The first-order valence-corrected chi connectivity index (χ1v) is 5.97. The number of nitrogens with one attached hydrogen (secondary N) is 2. The quantitative estimate of drug-likeness (QED) is 0.733. The molecule has 0 saturated carbocycles. The number of amides is 1. The van der Waals surface area contributed by atoms with Gasteiger partial charge in [0.25, 0.3) is 0 Å². The summed E-state index contributed by atoms with van der Waals surface area (Å²) in [4.78, 5) is 11.5. The Bertz CT molecular complexity index is 418. The number of phenolic OH excluding ortho intramolecular Hbond substituents is 1. The van der Waals surface area contributed by atoms with Crippen molar-refractivity contribution in [1.82, 2.24) is 10.6 Å². The number of hydrogen-bond donors (Lipinski definition) is 3. The molecule has 0 aliphatic carbocycles. The van der Waals surface area contributed by atoms with Crippen molar-refractivity contribution < 1.29 is 9.90 Å². The fourth-order valence-electron chi connectivity index (χ4n) is 2.06. The lowest BCUT2D eigenvalue weighted by molar-refractivity contribution is -0.124. The first-order valence-electron chi connectivity index (χ1n) is 5.97. The Hall–Kier alpha value is -1.55. The SMILES string of the molecule is Cc1cccc(CNC2CCCNC2=O)c1O. The predicted octanol–water partition coefficient (Wildman–Crippen LogP) is 1.07. The van der Waals surface area contributed by atoms with Crippen LogP contribution in [0.4, 0.5) is 0 Å². The third kappa shape index (κ3) is 2.77. The normalized spacial score (nSPS) is 20.1. The largest absolute Gasteiger partial charge is 0.507 e. The standard InChI is InChI=1S/C13H18N2O2/c1-9-4-2-5-10(12(9)16)8-15-11-6-3-7-14-13(11)17/h2,4-5,11,15-16H,3,6-8H2,1H3,(H,14,17). The third-order valence-electron chi connectivity index (χ3n) is 3.15. The molecule has 17 heavy (non-hydrogen) atoms. The topological polar surface area (TPSA) is 61.4 Å². The maximum Gasteiger partial charge on any atom is 0.237 e. The third-order valence-corrected chi connectivity index (χ3v) is 3.15. The summed E-state index contributed by atoms with van der Waals surface area (Å²) in [6.45, 7) is 3.16. The van der Waals surface area contributed by atoms with E-state index in [2.05, 4.69) is 10.6 Å². The molecule has 0 spiro atoms. The molecule has 92 valence electrons. The molecule has 1 heterocycles. The zero-order chi connectivity index (χ0) is 12.3. The molecule has 4 heteroatoms. The highest BCUT2D eigenvalue weighted by Crippen LogP contribution is 2.21. The second-order valence-electron chi connectivity index (χ2n) is 4.45. The van der Waals surface area contributed by atoms with Gasteiger partial charge in [0.15, 0.2) is 0 Å². The van der Waals surface area contributed by atoms with E-state index in [1.165, 1.54) is 0 Å². The fourth-order valence-corrected chi connectivity index (χ4v) is 2.06. The summed E-state index contributed by atoms with van der Waals surface area (Å²) in [6.07, 6.45) is 1.86. The van der Waals surface area contributed by atoms with Crippen LogP contribution in [0.15, 0.2) is 18.2 Å². The van der Waals surface area contributed by atoms with Crippen LogP contribution >= 0.6 is 0 Å². The highest BCUT2D eigenvalue weighted by Gasteiger charge is 2.21. The number of aromatic hydroxyl groups is 1. The lowest BCUT2D eigenvalue weighted by Gasteiger charge is -2.23. The Balaban J connectivity index is 1.97. The van der Waals surface area contributed by atoms with E-state index >= 15 is 0 Å². The number of rotatable bonds is 3. The van der Waals surface area contributed by atoms with Gasteiger partial charge in [-0.25, -0.2) is 0 Å². The number of hydrogen-bond acceptors (Lipinski definition) is 3. The lowest BCUT2D eigenvalue weighted by atomic mass is 10.1. The molecule has 1 fully saturated rings. The first kappa shape index (κ1) is 11.9. The number of carbonyl (C=O) groups is 1. The van der Waals surface area contributed by atoms with Gasteiger partial charge in [0, 0.05) is 18.7 Å². The van der Waals surface area contributed by atoms with Crippen LogP contribution in [0, 0.1) is 6.92 Å². The smallest absolute Gasteiger partial charge is 0.237 e. The van der Waals surface area contributed by atoms with Crippen LogP contribution in [0.3, 0.4) is 0 Å². The molecule has 2 rings (SSSR count). The van der Waals surface area contributed by atoms with Crippen molar-refractivity contribution in [2.45, 2.75) is 32.4 Å². The summed E-state index contributed by atoms with van der Waals surface area (Å²) < 4.78 is 0. The number of benzene rings is 1. The summed E-state index contributed by atoms with van der Waals surface area (Å²) in [5.74, 6) is 0.375. The minimum Gasteiger partial charge on any atom is -0.507 e. The van der Waals surface area contributed by atoms with Crippen molar-refractivity contribution in [3.63, 3.8) is 0 Å². The van der Waals surface area contributed by atoms with Crippen molar-refractivity contribution in [2.75, 3.05) is 6.54 Å². The zero-order valence-corrected chi connectivity index (χ0v) is 9.99. The highest BCUT2D eigenvalue weighted by molar-refractivity contribution is 5.82. The number of aryl methyl sites for hydroxylation is 1. The summed E-state index contributed by atoms with van der Waals surface area (Å²) >= 11 is 0. The summed E-state index contributed by atoms with van der Waals surface area (Å²) in [7, 11) is 0. The molecule has 1 unspecified atom stereocenters. The molecule has 1 aliphatic rings. The van der Waals surface area contributed by atoms with E-state index in [1.54, 1.807) is 0 Å². The molecule has 1 aliphatic heterocycles. The molecule has 1 atom stereocenters. The van der Waals surface area contributed by atoms with E-state index in [9.17, 15) is 9.90 Å². The van der Waals surface area contributed by atoms with Crippen LogP contribution < -0.4 is 10.6 Å². The van der Waals surface area contributed by atoms with Crippen molar-refractivity contribution in [1.29, 1.82) is 0 Å². The van der Waals surface area contributed by atoms with Crippen molar-refractivity contribution in [3.8, 4) is 5.75 Å². The predicted molar refractivity (Wildman–Crippen MR) is 65.7 cm³/mol. The van der Waals surface area contributed by atoms with E-state index < -0.39 is 0 Å². The van der Waals surface area contributed by atoms with Crippen molar-refractivity contribution in [3.05, 3.63) is 29.3 Å². The molecule has 4 nitrogen and oxygen atoms in total. The van der Waals surface area contributed by atoms with Crippen LogP contribution in [0.25, 0.3) is 0 Å². The van der Waals surface area contributed by atoms with Crippen molar-refractivity contribution in [2.24, 2.45) is 0 Å². The molecule has 1 saturated heterocycles. The van der Waals surface area contributed by atoms with E-state index in [4.69, 9.17) is 0 Å². The van der Waals surface area contributed by atoms with Gasteiger partial charge in [-0.15, -0.1) is 0 Å². The fraction of sp³-hybridized carbons (Fsp3) is 0.462. The molecule has 0 radical (unpaired) electrons. The lowest BCUT2D eigenvalue weighted by Crippen LogP contribution is -2.47. The van der Waals surface area contributed by atoms with Crippen LogP contribution in [-0.4, -0.2) is 23.6 Å². The summed E-state index contributed by atoms with van der Waals surface area (Å²) in [6, 6.07) is 5.51. The molecule has 1 amide bonds. The second-order valence-corrected chi connectivity index (χ2v) is 4.45. The zero-order valence-electron chi connectivity index (χ0n) is 9.99. The number of phenols is 1. The summed E-state index contributed by atoms with van der Waals surface area (Å²) in [5.41, 5.74) is 1.70. The Labute approximate surface area is 101 Å². The number of para-hydroxylation sites is 1. The average molecular weight is 234 g/mol.